The second kappa shape index (κ2) is 8.05. The van der Waals surface area contributed by atoms with Crippen LogP contribution in [0.15, 0.2) is 84.1 Å². The zero-order chi connectivity index (χ0) is 22.2. The molecule has 5 rings (SSSR count). The maximum absolute atomic E-state index is 13.6. The summed E-state index contributed by atoms with van der Waals surface area (Å²) in [6, 6.07) is 22.4. The van der Waals surface area contributed by atoms with Crippen molar-refractivity contribution in [3.63, 3.8) is 0 Å². The summed E-state index contributed by atoms with van der Waals surface area (Å²) in [5, 5.41) is 6.88. The number of carbonyl (C=O) groups is 1. The van der Waals surface area contributed by atoms with E-state index in [1.54, 1.807) is 25.3 Å². The molecule has 4 aromatic rings. The number of nitrogens with zero attached hydrogens (tertiary/aromatic N) is 2. The first-order valence-corrected chi connectivity index (χ1v) is 10.6. The standard InChI is InChI=1S/C25H21ClN4O2/c1-15-22(24(31)28-18-7-5-6-17(26)14-18)23(16-10-12-19(32-2)13-11-16)30-21-9-4-3-8-20(21)29-25(30)27-15/h3-14,23H,1-2H3,(H,27,29)(H,28,31)/t23-/m0/s1. The third-order valence-corrected chi connectivity index (χ3v) is 5.82. The Kier molecular flexibility index (Phi) is 5.07. The van der Waals surface area contributed by atoms with E-state index in [-0.39, 0.29) is 11.9 Å². The number of hydrogen-bond donors (Lipinski definition) is 2. The molecule has 7 heteroatoms. The van der Waals surface area contributed by atoms with Crippen molar-refractivity contribution in [2.45, 2.75) is 13.0 Å². The first-order valence-electron chi connectivity index (χ1n) is 10.2. The lowest BCUT2D eigenvalue weighted by atomic mass is 9.94. The number of carbonyl (C=O) groups excluding carboxylic acids is 1. The molecule has 0 spiro atoms. The Morgan fingerprint density at radius 3 is 2.62 bits per heavy atom. The summed E-state index contributed by atoms with van der Waals surface area (Å²) in [7, 11) is 1.63. The smallest absolute Gasteiger partial charge is 0.255 e. The molecule has 0 radical (unpaired) electrons. The van der Waals surface area contributed by atoms with Gasteiger partial charge < -0.3 is 15.4 Å². The van der Waals surface area contributed by atoms with Crippen molar-refractivity contribution < 1.29 is 9.53 Å². The van der Waals surface area contributed by atoms with Gasteiger partial charge in [-0.1, -0.05) is 41.9 Å². The van der Waals surface area contributed by atoms with E-state index in [9.17, 15) is 4.79 Å². The molecule has 1 amide bonds. The number of aromatic nitrogens is 2. The molecule has 1 aliphatic rings. The number of para-hydroxylation sites is 2. The predicted octanol–water partition coefficient (Wildman–Crippen LogP) is 5.63. The molecule has 0 saturated carbocycles. The van der Waals surface area contributed by atoms with Gasteiger partial charge in [-0.15, -0.1) is 0 Å². The molecule has 32 heavy (non-hydrogen) atoms. The highest BCUT2D eigenvalue weighted by Crippen LogP contribution is 2.39. The first-order chi connectivity index (χ1) is 15.5. The molecule has 1 atom stereocenters. The SMILES string of the molecule is COc1ccc([C@H]2C(C(=O)Nc3cccc(Cl)c3)=C(C)Nc3nc4ccccc4n32)cc1. The fourth-order valence-corrected chi connectivity index (χ4v) is 4.31. The monoisotopic (exact) mass is 444 g/mol. The van der Waals surface area contributed by atoms with Crippen LogP contribution in [0, 0.1) is 0 Å². The van der Waals surface area contributed by atoms with E-state index in [1.165, 1.54) is 0 Å². The molecule has 1 aliphatic heterocycles. The average Bonchev–Trinajstić information content (AvgIpc) is 3.16. The minimum absolute atomic E-state index is 0.207. The van der Waals surface area contributed by atoms with E-state index in [2.05, 4.69) is 15.2 Å². The van der Waals surface area contributed by atoms with E-state index >= 15 is 0 Å². The van der Waals surface area contributed by atoms with E-state index < -0.39 is 0 Å². The Morgan fingerprint density at radius 2 is 1.88 bits per heavy atom. The quantitative estimate of drug-likeness (QED) is 0.428. The average molecular weight is 445 g/mol. The summed E-state index contributed by atoms with van der Waals surface area (Å²) in [6.45, 7) is 1.90. The van der Waals surface area contributed by atoms with Crippen molar-refractivity contribution in [2.24, 2.45) is 0 Å². The van der Waals surface area contributed by atoms with Gasteiger partial charge in [0, 0.05) is 16.4 Å². The number of ether oxygens (including phenoxy) is 1. The lowest BCUT2D eigenvalue weighted by molar-refractivity contribution is -0.113. The summed E-state index contributed by atoms with van der Waals surface area (Å²) in [4.78, 5) is 18.3. The van der Waals surface area contributed by atoms with Crippen molar-refractivity contribution in [2.75, 3.05) is 17.7 Å². The summed E-state index contributed by atoms with van der Waals surface area (Å²) < 4.78 is 7.40. The maximum atomic E-state index is 13.6. The molecule has 0 bridgehead atoms. The third kappa shape index (κ3) is 3.48. The number of methoxy groups -OCH3 is 1. The van der Waals surface area contributed by atoms with Gasteiger partial charge in [0.05, 0.1) is 29.8 Å². The van der Waals surface area contributed by atoms with Gasteiger partial charge in [-0.05, 0) is 55.0 Å². The molecular weight excluding hydrogens is 424 g/mol. The van der Waals surface area contributed by atoms with Crippen LogP contribution < -0.4 is 15.4 Å². The van der Waals surface area contributed by atoms with Gasteiger partial charge in [0.2, 0.25) is 5.95 Å². The normalized spacial score (nSPS) is 15.3. The van der Waals surface area contributed by atoms with E-state index in [0.29, 0.717) is 22.2 Å². The van der Waals surface area contributed by atoms with Crippen LogP contribution in [0.2, 0.25) is 5.02 Å². The van der Waals surface area contributed by atoms with Crippen molar-refractivity contribution in [3.05, 3.63) is 94.7 Å². The zero-order valence-electron chi connectivity index (χ0n) is 17.6. The van der Waals surface area contributed by atoms with Crippen LogP contribution in [-0.2, 0) is 4.79 Å². The third-order valence-electron chi connectivity index (χ3n) is 5.59. The van der Waals surface area contributed by atoms with Gasteiger partial charge in [-0.2, -0.15) is 0 Å². The van der Waals surface area contributed by atoms with Crippen LogP contribution in [0.3, 0.4) is 0 Å². The van der Waals surface area contributed by atoms with Gasteiger partial charge in [-0.25, -0.2) is 4.98 Å². The highest BCUT2D eigenvalue weighted by molar-refractivity contribution is 6.31. The van der Waals surface area contributed by atoms with Crippen LogP contribution in [-0.4, -0.2) is 22.6 Å². The number of imidazole rings is 1. The van der Waals surface area contributed by atoms with Crippen molar-refractivity contribution in [3.8, 4) is 5.75 Å². The minimum atomic E-state index is -0.372. The predicted molar refractivity (Wildman–Crippen MR) is 127 cm³/mol. The molecule has 0 aliphatic carbocycles. The summed E-state index contributed by atoms with van der Waals surface area (Å²) in [5.74, 6) is 1.24. The molecule has 1 aromatic heterocycles. The highest BCUT2D eigenvalue weighted by Gasteiger charge is 2.34. The number of halogens is 1. The molecule has 2 N–H and O–H groups in total. The Balaban J connectivity index is 1.65. The van der Waals surface area contributed by atoms with E-state index in [4.69, 9.17) is 21.3 Å². The van der Waals surface area contributed by atoms with Crippen molar-refractivity contribution >= 4 is 40.2 Å². The Labute approximate surface area is 190 Å². The number of amides is 1. The van der Waals surface area contributed by atoms with Crippen LogP contribution in [0.5, 0.6) is 5.75 Å². The topological polar surface area (TPSA) is 68.2 Å². The zero-order valence-corrected chi connectivity index (χ0v) is 18.4. The molecular formula is C25H21ClN4O2. The largest absolute Gasteiger partial charge is 0.497 e. The van der Waals surface area contributed by atoms with Gasteiger partial charge in [-0.3, -0.25) is 9.36 Å². The molecule has 0 unspecified atom stereocenters. The number of rotatable bonds is 4. The van der Waals surface area contributed by atoms with Crippen LogP contribution in [0.25, 0.3) is 11.0 Å². The second-order valence-electron chi connectivity index (χ2n) is 7.60. The molecule has 0 saturated heterocycles. The van der Waals surface area contributed by atoms with Gasteiger partial charge in [0.25, 0.3) is 5.91 Å². The maximum Gasteiger partial charge on any atom is 0.255 e. The summed E-state index contributed by atoms with van der Waals surface area (Å²) in [5.41, 5.74) is 4.73. The van der Waals surface area contributed by atoms with Gasteiger partial charge in [0.15, 0.2) is 0 Å². The number of benzene rings is 3. The lowest BCUT2D eigenvalue weighted by Gasteiger charge is -2.30. The van der Waals surface area contributed by atoms with Gasteiger partial charge in [0.1, 0.15) is 5.75 Å². The van der Waals surface area contributed by atoms with E-state index in [1.807, 2.05) is 61.5 Å². The second-order valence-corrected chi connectivity index (χ2v) is 8.03. The Hall–Kier alpha value is -3.77. The van der Waals surface area contributed by atoms with Gasteiger partial charge >= 0.3 is 0 Å². The number of anilines is 2. The molecule has 3 aromatic carbocycles. The minimum Gasteiger partial charge on any atom is -0.497 e. The number of nitrogens with one attached hydrogen (secondary N) is 2. The van der Waals surface area contributed by atoms with Crippen LogP contribution in [0.1, 0.15) is 18.5 Å². The fourth-order valence-electron chi connectivity index (χ4n) is 4.12. The summed E-state index contributed by atoms with van der Waals surface area (Å²) >= 11 is 6.11. The Bertz CT molecular complexity index is 1360. The number of allylic oxidation sites excluding steroid dienone is 1. The fraction of sp³-hybridized carbons (Fsp3) is 0.120. The number of fused-ring (bicyclic) bond motifs is 3. The first kappa shape index (κ1) is 20.2. The van der Waals surface area contributed by atoms with E-state index in [0.717, 1.165) is 28.0 Å². The lowest BCUT2D eigenvalue weighted by Crippen LogP contribution is -2.30. The van der Waals surface area contributed by atoms with Crippen molar-refractivity contribution in [1.29, 1.82) is 0 Å². The molecule has 0 fully saturated rings. The Morgan fingerprint density at radius 1 is 1.09 bits per heavy atom. The summed E-state index contributed by atoms with van der Waals surface area (Å²) in [6.07, 6.45) is 0. The number of hydrogen-bond acceptors (Lipinski definition) is 4. The molecule has 2 heterocycles. The molecule has 160 valence electrons. The molecule has 6 nitrogen and oxygen atoms in total. The van der Waals surface area contributed by atoms with Crippen molar-refractivity contribution in [1.82, 2.24) is 9.55 Å². The van der Waals surface area contributed by atoms with Crippen LogP contribution in [0.4, 0.5) is 11.6 Å². The highest BCUT2D eigenvalue weighted by atomic mass is 35.5. The van der Waals surface area contributed by atoms with Crippen LogP contribution >= 0.6 is 11.6 Å².